The van der Waals surface area contributed by atoms with Crippen molar-refractivity contribution in [1.82, 2.24) is 0 Å². The molecule has 6 aliphatic rings. The lowest BCUT2D eigenvalue weighted by Gasteiger charge is -2.50. The van der Waals surface area contributed by atoms with Crippen LogP contribution in [0.1, 0.15) is 104 Å². The minimum Gasteiger partial charge on any atom is -0.462 e. The number of esters is 2. The summed E-state index contributed by atoms with van der Waals surface area (Å²) in [6.07, 6.45) is 11.9. The van der Waals surface area contributed by atoms with Crippen molar-refractivity contribution >= 4 is 23.5 Å². The van der Waals surface area contributed by atoms with E-state index in [4.69, 9.17) is 23.7 Å². The van der Waals surface area contributed by atoms with E-state index in [0.29, 0.717) is 61.3 Å². The van der Waals surface area contributed by atoms with Crippen molar-refractivity contribution in [2.24, 2.45) is 17.8 Å². The van der Waals surface area contributed by atoms with Gasteiger partial charge in [-0.1, -0.05) is 76.1 Å². The van der Waals surface area contributed by atoms with E-state index in [-0.39, 0.29) is 30.7 Å². The van der Waals surface area contributed by atoms with Crippen molar-refractivity contribution in [2.45, 2.75) is 152 Å². The SMILES string of the molecule is CC[C@H]1O[C@]2(CC[C@@H]1C)C[C@@H]1C[C@@H](C/C=C(\C)[C@H](OC(=O)C3(c4ccc(NC(=O)CO)cc4)CCCC3)[C@@H](C)/C=C/C=C3\CO[C@@H]4[C@H](O)C(C)=C[C@@H](C(=O)O1)[C@]34O)O2. The lowest BCUT2D eigenvalue weighted by molar-refractivity contribution is -0.335. The van der Waals surface area contributed by atoms with Crippen molar-refractivity contribution in [3.63, 3.8) is 0 Å². The molecule has 58 heavy (non-hydrogen) atoms. The molecule has 7 rings (SSSR count). The van der Waals surface area contributed by atoms with Gasteiger partial charge in [0.05, 0.1) is 24.2 Å². The molecular weight excluding hydrogens is 743 g/mol. The molecule has 1 saturated carbocycles. The number of allylic oxidation sites excluding steroid dienone is 2. The summed E-state index contributed by atoms with van der Waals surface area (Å²) in [5.74, 6) is -3.44. The zero-order chi connectivity index (χ0) is 41.4. The van der Waals surface area contributed by atoms with E-state index in [2.05, 4.69) is 25.2 Å². The molecule has 12 nitrogen and oxygen atoms in total. The summed E-state index contributed by atoms with van der Waals surface area (Å²) >= 11 is 0. The first kappa shape index (κ1) is 42.5. The van der Waals surface area contributed by atoms with Crippen molar-refractivity contribution in [2.75, 3.05) is 18.5 Å². The summed E-state index contributed by atoms with van der Waals surface area (Å²) in [5.41, 5.74) is 0.442. The average molecular weight is 804 g/mol. The summed E-state index contributed by atoms with van der Waals surface area (Å²) in [6.45, 7) is 9.35. The maximum absolute atomic E-state index is 14.6. The Morgan fingerprint density at radius 1 is 1.02 bits per heavy atom. The van der Waals surface area contributed by atoms with E-state index in [1.165, 1.54) is 0 Å². The quantitative estimate of drug-likeness (QED) is 0.200. The third-order valence-corrected chi connectivity index (χ3v) is 13.7. The van der Waals surface area contributed by atoms with Crippen LogP contribution >= 0.6 is 0 Å². The Morgan fingerprint density at radius 3 is 2.47 bits per heavy atom. The highest BCUT2D eigenvalue weighted by atomic mass is 16.7. The number of hydrogen-bond donors (Lipinski definition) is 4. The van der Waals surface area contributed by atoms with E-state index >= 15 is 0 Å². The highest BCUT2D eigenvalue weighted by Crippen LogP contribution is 2.48. The molecule has 4 fully saturated rings. The molecule has 0 aromatic heterocycles. The summed E-state index contributed by atoms with van der Waals surface area (Å²) in [4.78, 5) is 40.6. The van der Waals surface area contributed by atoms with E-state index in [0.717, 1.165) is 36.8 Å². The molecule has 1 aromatic carbocycles. The van der Waals surface area contributed by atoms with Crippen LogP contribution in [0.5, 0.6) is 0 Å². The van der Waals surface area contributed by atoms with Gasteiger partial charge in [-0.3, -0.25) is 14.4 Å². The normalized spacial score (nSPS) is 39.9. The van der Waals surface area contributed by atoms with Gasteiger partial charge in [0.2, 0.25) is 5.91 Å². The Labute approximate surface area is 341 Å². The lowest BCUT2D eigenvalue weighted by atomic mass is 9.71. The number of rotatable bonds is 6. The molecule has 3 saturated heterocycles. The number of carbonyl (C=O) groups excluding carboxylic acids is 3. The number of carbonyl (C=O) groups is 3. The summed E-state index contributed by atoms with van der Waals surface area (Å²) in [5, 5.41) is 35.4. The average Bonchev–Trinajstić information content (AvgIpc) is 3.84. The smallest absolute Gasteiger partial charge is 0.317 e. The van der Waals surface area contributed by atoms with Crippen molar-refractivity contribution in [3.05, 3.63) is 76.9 Å². The van der Waals surface area contributed by atoms with Gasteiger partial charge in [0.25, 0.3) is 0 Å². The van der Waals surface area contributed by atoms with Crippen molar-refractivity contribution in [1.29, 1.82) is 0 Å². The Bertz CT molecular complexity index is 1830. The Morgan fingerprint density at radius 2 is 1.76 bits per heavy atom. The molecule has 2 aliphatic carbocycles. The first-order valence-electron chi connectivity index (χ1n) is 21.2. The molecule has 0 unspecified atom stereocenters. The fourth-order valence-electron chi connectivity index (χ4n) is 10.3. The molecule has 1 spiro atoms. The monoisotopic (exact) mass is 803 g/mol. The number of ether oxygens (including phenoxy) is 5. The summed E-state index contributed by atoms with van der Waals surface area (Å²) in [7, 11) is 0. The summed E-state index contributed by atoms with van der Waals surface area (Å²) < 4.78 is 32.6. The number of anilines is 1. The molecule has 4 heterocycles. The minimum atomic E-state index is -1.85. The fourth-order valence-corrected chi connectivity index (χ4v) is 10.3. The van der Waals surface area contributed by atoms with Crippen LogP contribution < -0.4 is 5.32 Å². The number of fused-ring (bicyclic) bond motifs is 2. The van der Waals surface area contributed by atoms with E-state index in [1.54, 1.807) is 37.3 Å². The third-order valence-electron chi connectivity index (χ3n) is 13.7. The van der Waals surface area contributed by atoms with Gasteiger partial charge >= 0.3 is 11.9 Å². The van der Waals surface area contributed by atoms with Gasteiger partial charge in [-0.2, -0.15) is 0 Å². The van der Waals surface area contributed by atoms with E-state index < -0.39 is 65.6 Å². The Balaban J connectivity index is 1.24. The number of nitrogens with one attached hydrogen (secondary N) is 1. The second kappa shape index (κ2) is 17.1. The topological polar surface area (TPSA) is 170 Å². The Kier molecular flexibility index (Phi) is 12.6. The molecule has 4 aliphatic heterocycles. The molecule has 1 amide bonds. The number of aliphatic hydroxyl groups is 3. The van der Waals surface area contributed by atoms with Crippen LogP contribution in [0, 0.1) is 17.8 Å². The third kappa shape index (κ3) is 8.12. The second-order valence-electron chi connectivity index (χ2n) is 17.6. The van der Waals surface area contributed by atoms with Crippen LogP contribution in [-0.4, -0.2) is 94.4 Å². The predicted molar refractivity (Wildman–Crippen MR) is 215 cm³/mol. The van der Waals surface area contributed by atoms with E-state index in [9.17, 15) is 29.7 Å². The van der Waals surface area contributed by atoms with Gasteiger partial charge in [-0.05, 0) is 86.3 Å². The van der Waals surface area contributed by atoms with E-state index in [1.807, 2.05) is 32.1 Å². The van der Waals surface area contributed by atoms with Gasteiger partial charge in [0.15, 0.2) is 5.79 Å². The van der Waals surface area contributed by atoms with Gasteiger partial charge in [-0.25, -0.2) is 0 Å². The zero-order valence-electron chi connectivity index (χ0n) is 34.5. The molecule has 11 atom stereocenters. The highest BCUT2D eigenvalue weighted by Gasteiger charge is 2.60. The van der Waals surface area contributed by atoms with Crippen LogP contribution in [-0.2, 0) is 43.5 Å². The van der Waals surface area contributed by atoms with Crippen molar-refractivity contribution in [3.8, 4) is 0 Å². The number of aliphatic hydroxyl groups excluding tert-OH is 2. The fraction of sp³-hybridized carbons (Fsp3) is 0.630. The first-order chi connectivity index (χ1) is 27.7. The van der Waals surface area contributed by atoms with Crippen LogP contribution in [0.2, 0.25) is 0 Å². The van der Waals surface area contributed by atoms with Crippen LogP contribution in [0.15, 0.2) is 71.4 Å². The first-order valence-corrected chi connectivity index (χ1v) is 21.2. The summed E-state index contributed by atoms with van der Waals surface area (Å²) in [6, 6.07) is 7.18. The van der Waals surface area contributed by atoms with Gasteiger partial charge in [0.1, 0.15) is 42.5 Å². The number of amides is 1. The predicted octanol–water partition coefficient (Wildman–Crippen LogP) is 5.89. The largest absolute Gasteiger partial charge is 0.462 e. The molecule has 2 bridgehead atoms. The molecule has 1 aromatic rings. The molecule has 12 heteroatoms. The second-order valence-corrected chi connectivity index (χ2v) is 17.6. The maximum atomic E-state index is 14.6. The zero-order valence-corrected chi connectivity index (χ0v) is 34.5. The Hall–Kier alpha value is -3.65. The van der Waals surface area contributed by atoms with Crippen LogP contribution in [0.25, 0.3) is 0 Å². The van der Waals surface area contributed by atoms with Gasteiger partial charge in [0, 0.05) is 30.9 Å². The van der Waals surface area contributed by atoms with Crippen LogP contribution in [0.3, 0.4) is 0 Å². The van der Waals surface area contributed by atoms with Crippen LogP contribution in [0.4, 0.5) is 5.69 Å². The minimum absolute atomic E-state index is 0.0101. The van der Waals surface area contributed by atoms with Gasteiger partial charge < -0.3 is 44.3 Å². The number of hydrogen-bond acceptors (Lipinski definition) is 11. The molecule has 4 N–H and O–H groups in total. The maximum Gasteiger partial charge on any atom is 0.317 e. The number of benzene rings is 1. The van der Waals surface area contributed by atoms with Gasteiger partial charge in [-0.15, -0.1) is 0 Å². The standard InChI is InChI=1S/C46H61NO11/c1-6-37-27(2)18-21-45(58-37)24-35-23-34(57-45)17-12-29(4)40(56-43(52)44(19-7-8-20-44)31-13-15-33(16-14-31)47-38(49)25-48)28(3)10-9-11-32-26-54-41-39(50)30(5)22-36(42(51)55-35)46(32,41)53/h9-16,22,27-28,34-37,39-41,48,50,53H,6-8,17-21,23-26H2,1-5H3,(H,47,49)/b10-9+,29-12+,32-11+/t27-,28-,34+,35-,36-,37+,39+,40+,41+,45+,46+/m0/s1. The van der Waals surface area contributed by atoms with Crippen molar-refractivity contribution < 1.29 is 53.4 Å². The lowest BCUT2D eigenvalue weighted by Crippen LogP contribution is -2.58. The molecule has 0 radical (unpaired) electrons. The highest BCUT2D eigenvalue weighted by molar-refractivity contribution is 5.91. The molecular formula is C46H61NO11. The molecule has 316 valence electrons.